The van der Waals surface area contributed by atoms with Crippen LogP contribution in [-0.2, 0) is 4.79 Å². The van der Waals surface area contributed by atoms with Crippen LogP contribution in [0.5, 0.6) is 11.5 Å². The molecule has 0 aliphatic carbocycles. The summed E-state index contributed by atoms with van der Waals surface area (Å²) < 4.78 is 23.7. The number of benzene rings is 2. The highest BCUT2D eigenvalue weighted by Gasteiger charge is 2.31. The Labute approximate surface area is 185 Å². The summed E-state index contributed by atoms with van der Waals surface area (Å²) in [6.45, 7) is 0. The second-order valence-electron chi connectivity index (χ2n) is 6.31. The second kappa shape index (κ2) is 8.37. The minimum absolute atomic E-state index is 0.0156. The van der Waals surface area contributed by atoms with Crippen LogP contribution in [0.2, 0.25) is 5.02 Å². The lowest BCUT2D eigenvalue weighted by atomic mass is 10.1. The molecule has 2 aliphatic heterocycles. The van der Waals surface area contributed by atoms with Crippen molar-refractivity contribution in [3.63, 3.8) is 0 Å². The van der Waals surface area contributed by atoms with Crippen molar-refractivity contribution in [1.82, 2.24) is 4.90 Å². The molecule has 2 aromatic carbocycles. The molecule has 1 amide bonds. The lowest BCUT2D eigenvalue weighted by Crippen LogP contribution is -2.35. The quantitative estimate of drug-likeness (QED) is 0.413. The van der Waals surface area contributed by atoms with Gasteiger partial charge in [-0.1, -0.05) is 23.4 Å². The third-order valence-electron chi connectivity index (χ3n) is 4.35. The zero-order chi connectivity index (χ0) is 22.1. The molecule has 0 saturated carbocycles. The van der Waals surface area contributed by atoms with E-state index in [9.17, 15) is 14.0 Å². The number of hydrogen-bond donors (Lipinski definition) is 1. The van der Waals surface area contributed by atoms with E-state index in [1.54, 1.807) is 11.6 Å². The first-order valence-corrected chi connectivity index (χ1v) is 10.0. The number of halogens is 2. The highest BCUT2D eigenvalue weighted by Crippen LogP contribution is 2.38. The van der Waals surface area contributed by atoms with E-state index in [1.807, 2.05) is 0 Å². The van der Waals surface area contributed by atoms with Gasteiger partial charge in [0, 0.05) is 6.20 Å². The molecular weight excluding hydrogens is 445 g/mol. The Kier molecular flexibility index (Phi) is 5.62. The molecule has 0 aromatic heterocycles. The van der Waals surface area contributed by atoms with Gasteiger partial charge in [0.25, 0.3) is 5.91 Å². The Balaban J connectivity index is 1.65. The summed E-state index contributed by atoms with van der Waals surface area (Å²) in [7, 11) is 1.37. The maximum Gasteiger partial charge on any atom is 0.343 e. The zero-order valence-electron chi connectivity index (χ0n) is 15.9. The molecule has 0 radical (unpaired) electrons. The number of aliphatic imine (C=N–C) groups is 1. The molecule has 2 heterocycles. The number of carbonyl (C=O) groups excluding carboxylic acids is 2. The Hall–Kier alpha value is -3.43. The molecule has 7 nitrogen and oxygen atoms in total. The minimum atomic E-state index is -0.740. The number of amidine groups is 2. The average molecular weight is 458 g/mol. The van der Waals surface area contributed by atoms with Crippen LogP contribution >= 0.6 is 23.4 Å². The van der Waals surface area contributed by atoms with Crippen LogP contribution in [0.4, 0.5) is 4.39 Å². The molecular formula is C21H13ClFN3O4S. The van der Waals surface area contributed by atoms with Crippen molar-refractivity contribution in [3.05, 3.63) is 75.5 Å². The van der Waals surface area contributed by atoms with Crippen LogP contribution in [0.1, 0.15) is 15.9 Å². The maximum absolute atomic E-state index is 13.1. The fraction of sp³-hybridized carbons (Fsp3) is 0.0476. The van der Waals surface area contributed by atoms with Crippen LogP contribution in [-0.4, -0.2) is 34.9 Å². The third-order valence-corrected chi connectivity index (χ3v) is 5.39. The summed E-state index contributed by atoms with van der Waals surface area (Å²) in [6.07, 6.45) is 3.11. The molecule has 1 N–H and O–H groups in total. The molecule has 0 unspecified atom stereocenters. The van der Waals surface area contributed by atoms with Crippen LogP contribution in [0.15, 0.2) is 58.6 Å². The molecule has 31 heavy (non-hydrogen) atoms. The first-order chi connectivity index (χ1) is 14.9. The Morgan fingerprint density at radius 2 is 2.03 bits per heavy atom. The van der Waals surface area contributed by atoms with Crippen molar-refractivity contribution >= 4 is 52.3 Å². The first kappa shape index (κ1) is 20.8. The fourth-order valence-electron chi connectivity index (χ4n) is 2.86. The molecule has 0 saturated heterocycles. The molecule has 0 bridgehead atoms. The highest BCUT2D eigenvalue weighted by atomic mass is 35.5. The molecule has 2 aliphatic rings. The first-order valence-electron chi connectivity index (χ1n) is 8.79. The van der Waals surface area contributed by atoms with E-state index in [0.717, 1.165) is 12.1 Å². The molecule has 10 heteroatoms. The number of nitrogens with one attached hydrogen (secondary N) is 1. The van der Waals surface area contributed by atoms with Crippen molar-refractivity contribution in [2.75, 3.05) is 7.11 Å². The number of fused-ring (bicyclic) bond motifs is 1. The van der Waals surface area contributed by atoms with Crippen molar-refractivity contribution in [2.45, 2.75) is 0 Å². The van der Waals surface area contributed by atoms with Crippen LogP contribution in [0.25, 0.3) is 6.08 Å². The van der Waals surface area contributed by atoms with Gasteiger partial charge in [0.1, 0.15) is 11.7 Å². The summed E-state index contributed by atoms with van der Waals surface area (Å²) in [6, 6.07) is 7.85. The van der Waals surface area contributed by atoms with E-state index < -0.39 is 17.7 Å². The van der Waals surface area contributed by atoms with E-state index in [2.05, 4.69) is 4.99 Å². The van der Waals surface area contributed by atoms with Crippen LogP contribution in [0.3, 0.4) is 0 Å². The van der Waals surface area contributed by atoms with Gasteiger partial charge in [-0.3, -0.25) is 15.1 Å². The fourth-order valence-corrected chi connectivity index (χ4v) is 3.82. The third kappa shape index (κ3) is 4.10. The maximum atomic E-state index is 13.1. The lowest BCUT2D eigenvalue weighted by Gasteiger charge is -2.22. The molecule has 0 atom stereocenters. The predicted molar refractivity (Wildman–Crippen MR) is 116 cm³/mol. The Bertz CT molecular complexity index is 1210. The summed E-state index contributed by atoms with van der Waals surface area (Å²) in [5.74, 6) is -1.66. The number of carbonyl (C=O) groups is 2. The smallest absolute Gasteiger partial charge is 0.343 e. The van der Waals surface area contributed by atoms with Gasteiger partial charge < -0.3 is 9.47 Å². The summed E-state index contributed by atoms with van der Waals surface area (Å²) in [5.41, 5.74) is 0.660. The van der Waals surface area contributed by atoms with Gasteiger partial charge in [-0.15, -0.1) is 0 Å². The number of rotatable bonds is 4. The van der Waals surface area contributed by atoms with E-state index in [0.29, 0.717) is 10.7 Å². The summed E-state index contributed by atoms with van der Waals surface area (Å²) >= 11 is 7.57. The molecule has 2 aromatic rings. The monoisotopic (exact) mass is 457 g/mol. The highest BCUT2D eigenvalue weighted by molar-refractivity contribution is 8.16. The Morgan fingerprint density at radius 1 is 1.29 bits per heavy atom. The number of thioether (sulfide) groups is 1. The van der Waals surface area contributed by atoms with E-state index in [1.165, 1.54) is 54.1 Å². The van der Waals surface area contributed by atoms with E-state index >= 15 is 0 Å². The summed E-state index contributed by atoms with van der Waals surface area (Å²) in [5, 5.41) is 10.5. The van der Waals surface area contributed by atoms with Gasteiger partial charge in [0.15, 0.2) is 16.7 Å². The number of ether oxygens (including phenoxy) is 2. The summed E-state index contributed by atoms with van der Waals surface area (Å²) in [4.78, 5) is 30.2. The second-order valence-corrected chi connectivity index (χ2v) is 7.59. The number of methoxy groups -OCH3 is 1. The van der Waals surface area contributed by atoms with Gasteiger partial charge in [-0.2, -0.15) is 4.99 Å². The van der Waals surface area contributed by atoms with Crippen molar-refractivity contribution in [2.24, 2.45) is 4.99 Å². The average Bonchev–Trinajstić information content (AvgIpc) is 3.21. The molecule has 4 rings (SSSR count). The number of esters is 1. The predicted octanol–water partition coefficient (Wildman–Crippen LogP) is 4.48. The van der Waals surface area contributed by atoms with Crippen molar-refractivity contribution in [3.8, 4) is 11.5 Å². The van der Waals surface area contributed by atoms with Crippen LogP contribution in [0, 0.1) is 11.2 Å². The molecule has 0 spiro atoms. The number of amides is 1. The van der Waals surface area contributed by atoms with Crippen molar-refractivity contribution in [1.29, 1.82) is 5.41 Å². The van der Waals surface area contributed by atoms with Gasteiger partial charge >= 0.3 is 5.97 Å². The van der Waals surface area contributed by atoms with E-state index in [4.69, 9.17) is 26.5 Å². The van der Waals surface area contributed by atoms with Gasteiger partial charge in [-0.25, -0.2) is 9.18 Å². The van der Waals surface area contributed by atoms with Gasteiger partial charge in [0.2, 0.25) is 0 Å². The Morgan fingerprint density at radius 3 is 2.74 bits per heavy atom. The normalized spacial score (nSPS) is 16.4. The largest absolute Gasteiger partial charge is 0.493 e. The number of hydrogen-bond acceptors (Lipinski definition) is 6. The SMILES string of the molecule is COc1cc(C=C2C(=N)N3C=CSC3=NC2=O)cc(Cl)c1OC(=O)c1ccc(F)cc1. The number of nitrogens with zero attached hydrogens (tertiary/aromatic N) is 2. The van der Waals surface area contributed by atoms with E-state index in [-0.39, 0.29) is 33.5 Å². The molecule has 156 valence electrons. The van der Waals surface area contributed by atoms with Crippen molar-refractivity contribution < 1.29 is 23.5 Å². The van der Waals surface area contributed by atoms with Crippen LogP contribution < -0.4 is 9.47 Å². The standard InChI is InChI=1S/C21H13ClFN3O4S/c1-29-16-10-11(8-14-18(24)26-6-7-31-21(26)25-19(14)27)9-15(22)17(16)30-20(28)12-2-4-13(23)5-3-12/h2-10,24H,1H3. The van der Waals surface area contributed by atoms with Gasteiger partial charge in [0.05, 0.1) is 23.3 Å². The molecule has 0 fully saturated rings. The lowest BCUT2D eigenvalue weighted by molar-refractivity contribution is -0.114. The topological polar surface area (TPSA) is 92.1 Å². The zero-order valence-corrected chi connectivity index (χ0v) is 17.5. The minimum Gasteiger partial charge on any atom is -0.493 e. The van der Waals surface area contributed by atoms with Gasteiger partial charge in [-0.05, 0) is 53.4 Å².